The quantitative estimate of drug-likeness (QED) is 0.533. The van der Waals surface area contributed by atoms with Gasteiger partial charge in [0.15, 0.2) is 0 Å². The number of ether oxygens (including phenoxy) is 1. The van der Waals surface area contributed by atoms with Crippen LogP contribution in [-0.4, -0.2) is 29.9 Å². The van der Waals surface area contributed by atoms with Crippen LogP contribution in [0.15, 0.2) is 44.9 Å². The number of nitrogens with one attached hydrogen (secondary N) is 1. The molecule has 1 N–H and O–H groups in total. The molecule has 1 saturated carbocycles. The van der Waals surface area contributed by atoms with Crippen molar-refractivity contribution in [3.05, 3.63) is 45.8 Å². The van der Waals surface area contributed by atoms with Crippen molar-refractivity contribution in [1.82, 2.24) is 9.13 Å². The van der Waals surface area contributed by atoms with Crippen LogP contribution in [0.2, 0.25) is 5.02 Å². The summed E-state index contributed by atoms with van der Waals surface area (Å²) in [5, 5.41) is 0.633. The fourth-order valence-electron chi connectivity index (χ4n) is 4.08. The standard InChI is InChI=1S/C22H26ClN3O4S2/c1-25-18-12-17(24-32(28,29)15-9-10-20(30-3)16(23)11-15)21(13-19(18)26(2)22(25)27)31-14-7-5-4-6-8-14/h9-14,24H,4-8H2,1-3H3. The first-order valence-corrected chi connectivity index (χ1v) is 13.2. The molecular formula is C22H26ClN3O4S2. The Labute approximate surface area is 196 Å². The first-order chi connectivity index (χ1) is 15.2. The van der Waals surface area contributed by atoms with Crippen LogP contribution in [0.3, 0.4) is 0 Å². The van der Waals surface area contributed by atoms with Crippen LogP contribution < -0.4 is 15.1 Å². The summed E-state index contributed by atoms with van der Waals surface area (Å²) in [6.45, 7) is 0. The molecule has 172 valence electrons. The Hall–Kier alpha value is -2.10. The van der Waals surface area contributed by atoms with E-state index in [0.29, 0.717) is 22.2 Å². The highest BCUT2D eigenvalue weighted by molar-refractivity contribution is 8.00. The summed E-state index contributed by atoms with van der Waals surface area (Å²) in [4.78, 5) is 13.3. The van der Waals surface area contributed by atoms with E-state index in [2.05, 4.69) is 4.72 Å². The fourth-order valence-corrected chi connectivity index (χ4v) is 6.91. The smallest absolute Gasteiger partial charge is 0.328 e. The predicted molar refractivity (Wildman–Crippen MR) is 130 cm³/mol. The number of thioether (sulfide) groups is 1. The van der Waals surface area contributed by atoms with E-state index >= 15 is 0 Å². The van der Waals surface area contributed by atoms with Gasteiger partial charge in [-0.2, -0.15) is 0 Å². The van der Waals surface area contributed by atoms with Crippen molar-refractivity contribution in [2.24, 2.45) is 14.1 Å². The minimum atomic E-state index is -3.91. The van der Waals surface area contributed by atoms with Gasteiger partial charge in [0.25, 0.3) is 10.0 Å². The summed E-state index contributed by atoms with van der Waals surface area (Å²) in [7, 11) is 0.973. The highest BCUT2D eigenvalue weighted by Crippen LogP contribution is 2.40. The Morgan fingerprint density at radius 3 is 2.34 bits per heavy atom. The molecule has 10 heteroatoms. The van der Waals surface area contributed by atoms with Crippen LogP contribution in [0, 0.1) is 0 Å². The summed E-state index contributed by atoms with van der Waals surface area (Å²) in [6.07, 6.45) is 5.78. The average molecular weight is 496 g/mol. The van der Waals surface area contributed by atoms with Crippen LogP contribution in [0.25, 0.3) is 11.0 Å². The molecule has 0 unspecified atom stereocenters. The minimum absolute atomic E-state index is 0.0407. The van der Waals surface area contributed by atoms with Crippen LogP contribution in [0.1, 0.15) is 32.1 Å². The predicted octanol–water partition coefficient (Wildman–Crippen LogP) is 4.76. The maximum Gasteiger partial charge on any atom is 0.328 e. The summed E-state index contributed by atoms with van der Waals surface area (Å²) in [5.41, 5.74) is 1.74. The van der Waals surface area contributed by atoms with Gasteiger partial charge in [-0.15, -0.1) is 11.8 Å². The van der Waals surface area contributed by atoms with Crippen molar-refractivity contribution in [2.75, 3.05) is 11.8 Å². The monoisotopic (exact) mass is 495 g/mol. The lowest BCUT2D eigenvalue weighted by Crippen LogP contribution is -2.19. The second kappa shape index (κ2) is 9.03. The third kappa shape index (κ3) is 4.38. The molecule has 2 aromatic carbocycles. The van der Waals surface area contributed by atoms with Crippen molar-refractivity contribution >= 4 is 50.1 Å². The third-order valence-electron chi connectivity index (χ3n) is 5.90. The molecule has 7 nitrogen and oxygen atoms in total. The molecule has 0 bridgehead atoms. The minimum Gasteiger partial charge on any atom is -0.495 e. The molecule has 0 atom stereocenters. The van der Waals surface area contributed by atoms with Gasteiger partial charge >= 0.3 is 5.69 Å². The first kappa shape index (κ1) is 23.1. The zero-order chi connectivity index (χ0) is 23.0. The number of anilines is 1. The van der Waals surface area contributed by atoms with Gasteiger partial charge in [-0.05, 0) is 43.2 Å². The number of nitrogens with zero attached hydrogens (tertiary/aromatic N) is 2. The molecule has 1 aliphatic carbocycles. The first-order valence-electron chi connectivity index (χ1n) is 10.4. The van der Waals surface area contributed by atoms with Crippen molar-refractivity contribution in [3.63, 3.8) is 0 Å². The summed E-state index contributed by atoms with van der Waals surface area (Å²) in [5.74, 6) is 0.403. The van der Waals surface area contributed by atoms with Gasteiger partial charge in [0, 0.05) is 24.2 Å². The number of imidazole rings is 1. The van der Waals surface area contributed by atoms with E-state index in [1.807, 2.05) is 6.07 Å². The number of methoxy groups -OCH3 is 1. The number of aromatic nitrogens is 2. The van der Waals surface area contributed by atoms with Gasteiger partial charge < -0.3 is 4.74 Å². The molecule has 0 radical (unpaired) electrons. The molecule has 1 aliphatic rings. The van der Waals surface area contributed by atoms with Gasteiger partial charge in [0.1, 0.15) is 5.75 Å². The average Bonchev–Trinajstić information content (AvgIpc) is 2.98. The Morgan fingerprint density at radius 2 is 1.72 bits per heavy atom. The topological polar surface area (TPSA) is 82.3 Å². The van der Waals surface area contributed by atoms with Crippen molar-refractivity contribution in [2.45, 2.75) is 47.1 Å². The van der Waals surface area contributed by atoms with E-state index in [1.165, 1.54) is 49.1 Å². The fraction of sp³-hybridized carbons (Fsp3) is 0.409. The Balaban J connectivity index is 1.78. The lowest BCUT2D eigenvalue weighted by atomic mass is 10.0. The number of sulfonamides is 1. The van der Waals surface area contributed by atoms with Gasteiger partial charge in [-0.3, -0.25) is 13.9 Å². The molecule has 4 rings (SSSR count). The largest absolute Gasteiger partial charge is 0.495 e. The zero-order valence-corrected chi connectivity index (χ0v) is 20.6. The van der Waals surface area contributed by atoms with Crippen molar-refractivity contribution in [1.29, 1.82) is 0 Å². The van der Waals surface area contributed by atoms with Crippen LogP contribution >= 0.6 is 23.4 Å². The number of fused-ring (bicyclic) bond motifs is 1. The normalized spacial score (nSPS) is 15.2. The van der Waals surface area contributed by atoms with E-state index in [0.717, 1.165) is 23.3 Å². The number of benzene rings is 2. The maximum absolute atomic E-state index is 13.2. The molecule has 1 aromatic heterocycles. The second-order valence-electron chi connectivity index (χ2n) is 8.02. The number of halogens is 1. The molecule has 32 heavy (non-hydrogen) atoms. The molecule has 0 spiro atoms. The molecular weight excluding hydrogens is 470 g/mol. The van der Waals surface area contributed by atoms with E-state index in [-0.39, 0.29) is 15.6 Å². The SMILES string of the molecule is COc1ccc(S(=O)(=O)Nc2cc3c(cc2SC2CCCCC2)n(C)c(=O)n3C)cc1Cl. The van der Waals surface area contributed by atoms with Gasteiger partial charge in [-0.25, -0.2) is 13.2 Å². The Kier molecular flexibility index (Phi) is 6.51. The molecule has 0 amide bonds. The Morgan fingerprint density at radius 1 is 1.06 bits per heavy atom. The molecule has 0 aliphatic heterocycles. The second-order valence-corrected chi connectivity index (χ2v) is 11.4. The highest BCUT2D eigenvalue weighted by atomic mass is 35.5. The number of hydrogen-bond donors (Lipinski definition) is 1. The summed E-state index contributed by atoms with van der Waals surface area (Å²) >= 11 is 7.83. The van der Waals surface area contributed by atoms with Crippen LogP contribution in [0.5, 0.6) is 5.75 Å². The number of hydrogen-bond acceptors (Lipinski definition) is 5. The Bertz CT molecular complexity index is 1330. The van der Waals surface area contributed by atoms with Crippen LogP contribution in [-0.2, 0) is 24.1 Å². The molecule has 0 saturated heterocycles. The summed E-state index contributed by atoms with van der Waals surface area (Å²) < 4.78 is 37.4. The molecule has 1 fully saturated rings. The van der Waals surface area contributed by atoms with Crippen molar-refractivity contribution < 1.29 is 13.2 Å². The third-order valence-corrected chi connectivity index (χ3v) is 8.95. The lowest BCUT2D eigenvalue weighted by molar-refractivity contribution is 0.414. The highest BCUT2D eigenvalue weighted by Gasteiger charge is 2.23. The van der Waals surface area contributed by atoms with Gasteiger partial charge in [-0.1, -0.05) is 30.9 Å². The number of aryl methyl sites for hydroxylation is 2. The molecule has 3 aromatic rings. The van der Waals surface area contributed by atoms with Crippen LogP contribution in [0.4, 0.5) is 5.69 Å². The van der Waals surface area contributed by atoms with Crippen molar-refractivity contribution in [3.8, 4) is 5.75 Å². The lowest BCUT2D eigenvalue weighted by Gasteiger charge is -2.22. The zero-order valence-electron chi connectivity index (χ0n) is 18.2. The van der Waals surface area contributed by atoms with E-state index in [4.69, 9.17) is 16.3 Å². The van der Waals surface area contributed by atoms with Gasteiger partial charge in [0.05, 0.1) is 33.7 Å². The van der Waals surface area contributed by atoms with E-state index < -0.39 is 10.0 Å². The van der Waals surface area contributed by atoms with Gasteiger partial charge in [0.2, 0.25) is 0 Å². The summed E-state index contributed by atoms with van der Waals surface area (Å²) in [6, 6.07) is 8.00. The molecule has 1 heterocycles. The van der Waals surface area contributed by atoms with E-state index in [9.17, 15) is 13.2 Å². The maximum atomic E-state index is 13.2. The number of rotatable bonds is 6. The van der Waals surface area contributed by atoms with E-state index in [1.54, 1.807) is 36.5 Å².